The van der Waals surface area contributed by atoms with Crippen molar-refractivity contribution < 1.29 is 4.79 Å². The minimum absolute atomic E-state index is 0.0193. The smallest absolute Gasteiger partial charge is 0.332 e. The molecule has 8 heteroatoms. The molecule has 1 atom stereocenters. The number of thiophene rings is 1. The number of carbonyl (C=O) groups is 1. The normalized spacial score (nSPS) is 12.3. The molecule has 1 N–H and O–H groups in total. The fourth-order valence-corrected chi connectivity index (χ4v) is 4.69. The van der Waals surface area contributed by atoms with Gasteiger partial charge in [0.05, 0.1) is 11.4 Å². The van der Waals surface area contributed by atoms with Gasteiger partial charge < -0.3 is 5.32 Å². The third-order valence-corrected chi connectivity index (χ3v) is 6.56. The van der Waals surface area contributed by atoms with Crippen molar-refractivity contribution in [3.63, 3.8) is 0 Å². The van der Waals surface area contributed by atoms with Crippen LogP contribution in [0.25, 0.3) is 11.0 Å². The molecular formula is C22H28N4O3S. The number of nitrogens with one attached hydrogen (secondary N) is 1. The topological polar surface area (TPSA) is 86.0 Å². The van der Waals surface area contributed by atoms with Gasteiger partial charge in [-0.2, -0.15) is 0 Å². The van der Waals surface area contributed by atoms with Crippen molar-refractivity contribution in [1.29, 1.82) is 0 Å². The summed E-state index contributed by atoms with van der Waals surface area (Å²) in [6.45, 7) is 5.82. The standard InChI is InChI=1S/C22H28N4O3S/c1-6-8-16(17-9-7-12-30-17)24-18(27)11-10-15-13(2)19-20(23-14(15)3)25(4)22(29)26(5)21(19)28/h7,9,12,16H,6,8,10-11H2,1-5H3,(H,24,27)/t16-/m0/s1. The lowest BCUT2D eigenvalue weighted by atomic mass is 9.99. The number of aromatic nitrogens is 3. The zero-order valence-electron chi connectivity index (χ0n) is 18.1. The number of hydrogen-bond acceptors (Lipinski definition) is 5. The molecule has 0 spiro atoms. The zero-order valence-corrected chi connectivity index (χ0v) is 18.9. The maximum atomic E-state index is 12.7. The van der Waals surface area contributed by atoms with Crippen LogP contribution >= 0.6 is 11.3 Å². The van der Waals surface area contributed by atoms with Gasteiger partial charge in [0.1, 0.15) is 5.65 Å². The molecule has 3 aromatic heterocycles. The van der Waals surface area contributed by atoms with Crippen LogP contribution in [0.4, 0.5) is 0 Å². The van der Waals surface area contributed by atoms with E-state index >= 15 is 0 Å². The Morgan fingerprint density at radius 3 is 2.60 bits per heavy atom. The number of aryl methyl sites for hydroxylation is 3. The number of hydrogen-bond donors (Lipinski definition) is 1. The number of carbonyl (C=O) groups excluding carboxylic acids is 1. The molecule has 0 saturated heterocycles. The van der Waals surface area contributed by atoms with Crippen LogP contribution in [0, 0.1) is 13.8 Å². The Kier molecular flexibility index (Phi) is 6.55. The lowest BCUT2D eigenvalue weighted by Crippen LogP contribution is -2.38. The summed E-state index contributed by atoms with van der Waals surface area (Å²) in [4.78, 5) is 43.3. The first-order valence-electron chi connectivity index (χ1n) is 10.1. The largest absolute Gasteiger partial charge is 0.348 e. The van der Waals surface area contributed by atoms with Gasteiger partial charge in [0.15, 0.2) is 0 Å². The van der Waals surface area contributed by atoms with E-state index in [0.717, 1.165) is 39.1 Å². The molecule has 7 nitrogen and oxygen atoms in total. The van der Waals surface area contributed by atoms with Crippen LogP contribution in [-0.2, 0) is 25.3 Å². The Bertz CT molecular complexity index is 1190. The van der Waals surface area contributed by atoms with Crippen molar-refractivity contribution >= 4 is 28.3 Å². The van der Waals surface area contributed by atoms with Crippen LogP contribution in [0.5, 0.6) is 0 Å². The van der Waals surface area contributed by atoms with Gasteiger partial charge in [-0.15, -0.1) is 11.3 Å². The Morgan fingerprint density at radius 2 is 1.97 bits per heavy atom. The first kappa shape index (κ1) is 22.0. The monoisotopic (exact) mass is 428 g/mol. The minimum atomic E-state index is -0.401. The maximum absolute atomic E-state index is 12.7. The molecule has 0 aliphatic carbocycles. The highest BCUT2D eigenvalue weighted by Crippen LogP contribution is 2.24. The Labute approximate surface area is 179 Å². The van der Waals surface area contributed by atoms with E-state index in [-0.39, 0.29) is 17.5 Å². The van der Waals surface area contributed by atoms with Crippen molar-refractivity contribution in [1.82, 2.24) is 19.4 Å². The average Bonchev–Trinajstić information content (AvgIpc) is 3.24. The molecular weight excluding hydrogens is 400 g/mol. The highest BCUT2D eigenvalue weighted by atomic mass is 32.1. The van der Waals surface area contributed by atoms with Crippen molar-refractivity contribution in [2.45, 2.75) is 52.5 Å². The quantitative estimate of drug-likeness (QED) is 0.627. The fourth-order valence-electron chi connectivity index (χ4n) is 3.88. The van der Waals surface area contributed by atoms with Crippen molar-refractivity contribution in [3.05, 3.63) is 60.0 Å². The van der Waals surface area contributed by atoms with Crippen molar-refractivity contribution in [2.24, 2.45) is 14.1 Å². The van der Waals surface area contributed by atoms with Crippen LogP contribution in [0.3, 0.4) is 0 Å². The van der Waals surface area contributed by atoms with Gasteiger partial charge in [-0.3, -0.25) is 18.7 Å². The van der Waals surface area contributed by atoms with E-state index < -0.39 is 5.69 Å². The predicted molar refractivity (Wildman–Crippen MR) is 120 cm³/mol. The first-order valence-corrected chi connectivity index (χ1v) is 11.0. The molecule has 0 saturated carbocycles. The molecule has 160 valence electrons. The molecule has 0 fully saturated rings. The third-order valence-electron chi connectivity index (χ3n) is 5.57. The first-order chi connectivity index (χ1) is 14.3. The van der Waals surface area contributed by atoms with Crippen LogP contribution < -0.4 is 16.6 Å². The Hall–Kier alpha value is -2.74. The zero-order chi connectivity index (χ0) is 22.0. The molecule has 0 aliphatic heterocycles. The molecule has 0 bridgehead atoms. The summed E-state index contributed by atoms with van der Waals surface area (Å²) < 4.78 is 2.49. The molecule has 3 heterocycles. The number of fused-ring (bicyclic) bond motifs is 1. The average molecular weight is 429 g/mol. The number of rotatable bonds is 7. The van der Waals surface area contributed by atoms with Gasteiger partial charge in [0.25, 0.3) is 5.56 Å². The summed E-state index contributed by atoms with van der Waals surface area (Å²) in [7, 11) is 3.08. The van der Waals surface area contributed by atoms with Gasteiger partial charge in [-0.25, -0.2) is 9.78 Å². The third kappa shape index (κ3) is 4.09. The fraction of sp³-hybridized carbons (Fsp3) is 0.455. The molecule has 0 unspecified atom stereocenters. The summed E-state index contributed by atoms with van der Waals surface area (Å²) in [6, 6.07) is 4.07. The second kappa shape index (κ2) is 8.95. The lowest BCUT2D eigenvalue weighted by molar-refractivity contribution is -0.121. The van der Waals surface area contributed by atoms with Crippen LogP contribution in [-0.4, -0.2) is 20.0 Å². The SMILES string of the molecule is CCC[C@H](NC(=O)CCc1c(C)nc2c(c1C)c(=O)n(C)c(=O)n2C)c1cccs1. The maximum Gasteiger partial charge on any atom is 0.332 e. The molecule has 1 amide bonds. The van der Waals surface area contributed by atoms with Crippen LogP contribution in [0.1, 0.15) is 53.9 Å². The molecule has 0 aromatic carbocycles. The highest BCUT2D eigenvalue weighted by Gasteiger charge is 2.19. The van der Waals surface area contributed by atoms with Gasteiger partial charge in [-0.05, 0) is 49.3 Å². The summed E-state index contributed by atoms with van der Waals surface area (Å²) in [5, 5.41) is 5.60. The van der Waals surface area contributed by atoms with Gasteiger partial charge >= 0.3 is 5.69 Å². The summed E-state index contributed by atoms with van der Waals surface area (Å²) in [5.41, 5.74) is 2.03. The highest BCUT2D eigenvalue weighted by molar-refractivity contribution is 7.10. The van der Waals surface area contributed by atoms with E-state index in [9.17, 15) is 14.4 Å². The van der Waals surface area contributed by atoms with Gasteiger partial charge in [-0.1, -0.05) is 19.4 Å². The number of nitrogens with zero attached hydrogens (tertiary/aromatic N) is 3. The van der Waals surface area contributed by atoms with E-state index in [4.69, 9.17) is 0 Å². The predicted octanol–water partition coefficient (Wildman–Crippen LogP) is 2.90. The van der Waals surface area contributed by atoms with E-state index in [1.807, 2.05) is 31.4 Å². The molecule has 30 heavy (non-hydrogen) atoms. The molecule has 0 radical (unpaired) electrons. The lowest BCUT2D eigenvalue weighted by Gasteiger charge is -2.18. The number of amides is 1. The molecule has 3 rings (SSSR count). The molecule has 3 aromatic rings. The minimum Gasteiger partial charge on any atom is -0.348 e. The van der Waals surface area contributed by atoms with E-state index in [0.29, 0.717) is 23.9 Å². The van der Waals surface area contributed by atoms with Crippen molar-refractivity contribution in [3.8, 4) is 0 Å². The summed E-state index contributed by atoms with van der Waals surface area (Å²) >= 11 is 1.65. The van der Waals surface area contributed by atoms with E-state index in [1.165, 1.54) is 11.6 Å². The van der Waals surface area contributed by atoms with E-state index in [2.05, 4.69) is 17.2 Å². The summed E-state index contributed by atoms with van der Waals surface area (Å²) in [6.07, 6.45) is 2.68. The second-order valence-electron chi connectivity index (χ2n) is 7.63. The Morgan fingerprint density at radius 1 is 1.23 bits per heavy atom. The van der Waals surface area contributed by atoms with Crippen LogP contribution in [0.2, 0.25) is 0 Å². The number of pyridine rings is 1. The second-order valence-corrected chi connectivity index (χ2v) is 8.61. The van der Waals surface area contributed by atoms with Gasteiger partial charge in [0.2, 0.25) is 5.91 Å². The van der Waals surface area contributed by atoms with E-state index in [1.54, 1.807) is 18.4 Å². The summed E-state index contributed by atoms with van der Waals surface area (Å²) in [5.74, 6) is -0.0193. The Balaban J connectivity index is 1.86. The molecule has 0 aliphatic rings. The van der Waals surface area contributed by atoms with Crippen molar-refractivity contribution in [2.75, 3.05) is 0 Å². The van der Waals surface area contributed by atoms with Gasteiger partial charge in [0, 0.05) is 31.1 Å². The van der Waals surface area contributed by atoms with Crippen LogP contribution in [0.15, 0.2) is 27.1 Å².